The van der Waals surface area contributed by atoms with E-state index in [2.05, 4.69) is 20.8 Å². The van der Waals surface area contributed by atoms with Crippen LogP contribution in [0.25, 0.3) is 0 Å². The largest absolute Gasteiger partial charge is 0.438 e. The van der Waals surface area contributed by atoms with Gasteiger partial charge in [0.1, 0.15) is 0 Å². The molecule has 0 radical (unpaired) electrons. The van der Waals surface area contributed by atoms with Crippen molar-refractivity contribution in [2.75, 3.05) is 6.61 Å². The van der Waals surface area contributed by atoms with Crippen molar-refractivity contribution in [1.29, 1.82) is 0 Å². The smallest absolute Gasteiger partial charge is 0.411 e. The van der Waals surface area contributed by atoms with Crippen LogP contribution in [-0.4, -0.2) is 20.4 Å². The monoisotopic (exact) mass is 156 g/mol. The summed E-state index contributed by atoms with van der Waals surface area (Å²) < 4.78 is 10.5. The molecule has 0 saturated carbocycles. The Morgan fingerprint density at radius 3 is 2.64 bits per heavy atom. The minimum absolute atomic E-state index is 0.345. The molecule has 0 amide bonds. The van der Waals surface area contributed by atoms with Crippen molar-refractivity contribution in [1.82, 2.24) is 0 Å². The van der Waals surface area contributed by atoms with E-state index in [9.17, 15) is 0 Å². The highest BCUT2D eigenvalue weighted by Gasteiger charge is 2.23. The zero-order valence-electron chi connectivity index (χ0n) is 7.67. The highest BCUT2D eigenvalue weighted by Crippen LogP contribution is 2.19. The Bertz CT molecular complexity index is 111. The van der Waals surface area contributed by atoms with Crippen LogP contribution >= 0.6 is 0 Å². The zero-order chi connectivity index (χ0) is 8.27. The Kier molecular flexibility index (Phi) is 3.40. The van der Waals surface area contributed by atoms with Crippen molar-refractivity contribution >= 4 is 7.69 Å². The van der Waals surface area contributed by atoms with Crippen molar-refractivity contribution in [2.45, 2.75) is 33.3 Å². The standard InChI is InChI=1S/C8H17BO2/c1-6(2)4-7(3)8-5-10-9-11-8/h6-9H,4-5H2,1-3H3. The maximum absolute atomic E-state index is 5.39. The van der Waals surface area contributed by atoms with E-state index >= 15 is 0 Å². The van der Waals surface area contributed by atoms with Crippen LogP contribution in [0, 0.1) is 11.8 Å². The molecule has 2 nitrogen and oxygen atoms in total. The maximum atomic E-state index is 5.39. The molecule has 1 aliphatic heterocycles. The van der Waals surface area contributed by atoms with Crippen molar-refractivity contribution in [3.8, 4) is 0 Å². The molecule has 64 valence electrons. The molecule has 0 aliphatic carbocycles. The van der Waals surface area contributed by atoms with Crippen LogP contribution in [0.1, 0.15) is 27.2 Å². The van der Waals surface area contributed by atoms with Gasteiger partial charge in [-0.25, -0.2) is 0 Å². The molecule has 1 heterocycles. The van der Waals surface area contributed by atoms with Crippen LogP contribution < -0.4 is 0 Å². The number of hydrogen-bond acceptors (Lipinski definition) is 2. The molecule has 1 fully saturated rings. The van der Waals surface area contributed by atoms with Crippen molar-refractivity contribution in [3.05, 3.63) is 0 Å². The van der Waals surface area contributed by atoms with E-state index in [1.54, 1.807) is 0 Å². The lowest BCUT2D eigenvalue weighted by molar-refractivity contribution is 0.153. The highest BCUT2D eigenvalue weighted by molar-refractivity contribution is 6.18. The summed E-state index contributed by atoms with van der Waals surface area (Å²) in [5, 5.41) is 0. The van der Waals surface area contributed by atoms with E-state index in [0.29, 0.717) is 19.7 Å². The SMILES string of the molecule is CC(C)CC(C)C1COBO1. The third-order valence-electron chi connectivity index (χ3n) is 2.13. The van der Waals surface area contributed by atoms with Crippen molar-refractivity contribution in [2.24, 2.45) is 11.8 Å². The van der Waals surface area contributed by atoms with E-state index in [1.807, 2.05) is 0 Å². The Hall–Kier alpha value is -0.0151. The van der Waals surface area contributed by atoms with Gasteiger partial charge in [0.05, 0.1) is 12.7 Å². The second kappa shape index (κ2) is 4.12. The van der Waals surface area contributed by atoms with Crippen LogP contribution in [0.15, 0.2) is 0 Å². The topological polar surface area (TPSA) is 18.5 Å². The maximum Gasteiger partial charge on any atom is 0.438 e. The molecular formula is C8H17BO2. The van der Waals surface area contributed by atoms with E-state index < -0.39 is 0 Å². The van der Waals surface area contributed by atoms with Crippen LogP contribution in [0.2, 0.25) is 0 Å². The normalized spacial score (nSPS) is 27.1. The molecule has 3 heteroatoms. The van der Waals surface area contributed by atoms with Gasteiger partial charge in [-0.05, 0) is 18.3 Å². The molecule has 0 aromatic rings. The molecule has 0 aromatic heterocycles. The molecule has 0 aromatic carbocycles. The summed E-state index contributed by atoms with van der Waals surface area (Å²) in [5.74, 6) is 1.40. The van der Waals surface area contributed by atoms with Gasteiger partial charge in [-0.3, -0.25) is 0 Å². The average Bonchev–Trinajstić information content (AvgIpc) is 2.35. The summed E-state index contributed by atoms with van der Waals surface area (Å²) in [5.41, 5.74) is 0. The molecule has 2 atom stereocenters. The van der Waals surface area contributed by atoms with Gasteiger partial charge in [0.25, 0.3) is 0 Å². The first kappa shape index (κ1) is 9.08. The number of rotatable bonds is 3. The summed E-state index contributed by atoms with van der Waals surface area (Å²) in [7, 11) is 0.493. The van der Waals surface area contributed by atoms with Crippen LogP contribution in [0.5, 0.6) is 0 Å². The summed E-state index contributed by atoms with van der Waals surface area (Å²) in [6.07, 6.45) is 1.57. The molecule has 1 saturated heterocycles. The molecule has 0 spiro atoms. The third kappa shape index (κ3) is 2.84. The van der Waals surface area contributed by atoms with Gasteiger partial charge in [0.2, 0.25) is 0 Å². The lowest BCUT2D eigenvalue weighted by atomic mass is 9.94. The molecule has 0 bridgehead atoms. The molecule has 0 N–H and O–H groups in total. The van der Waals surface area contributed by atoms with Gasteiger partial charge >= 0.3 is 7.69 Å². The fourth-order valence-electron chi connectivity index (χ4n) is 1.57. The van der Waals surface area contributed by atoms with Gasteiger partial charge in [-0.1, -0.05) is 20.8 Å². The zero-order valence-corrected chi connectivity index (χ0v) is 7.67. The van der Waals surface area contributed by atoms with Crippen molar-refractivity contribution < 1.29 is 9.31 Å². The van der Waals surface area contributed by atoms with Gasteiger partial charge in [0, 0.05) is 0 Å². The lowest BCUT2D eigenvalue weighted by Crippen LogP contribution is -2.21. The van der Waals surface area contributed by atoms with Gasteiger partial charge in [-0.15, -0.1) is 0 Å². The first-order valence-electron chi connectivity index (χ1n) is 4.39. The second-order valence-corrected chi connectivity index (χ2v) is 3.80. The van der Waals surface area contributed by atoms with Crippen LogP contribution in [-0.2, 0) is 9.31 Å². The molecule has 1 rings (SSSR count). The third-order valence-corrected chi connectivity index (χ3v) is 2.13. The number of hydrogen-bond donors (Lipinski definition) is 0. The van der Waals surface area contributed by atoms with E-state index in [1.165, 1.54) is 6.42 Å². The second-order valence-electron chi connectivity index (χ2n) is 3.80. The van der Waals surface area contributed by atoms with Crippen LogP contribution in [0.4, 0.5) is 0 Å². The predicted octanol–water partition coefficient (Wildman–Crippen LogP) is 1.35. The predicted molar refractivity (Wildman–Crippen MR) is 46.6 cm³/mol. The summed E-state index contributed by atoms with van der Waals surface area (Å²) in [6, 6.07) is 0. The Morgan fingerprint density at radius 2 is 2.18 bits per heavy atom. The first-order chi connectivity index (χ1) is 5.20. The Morgan fingerprint density at radius 1 is 1.45 bits per heavy atom. The van der Waals surface area contributed by atoms with E-state index in [-0.39, 0.29) is 0 Å². The Labute approximate surface area is 69.6 Å². The summed E-state index contributed by atoms with van der Waals surface area (Å²) in [4.78, 5) is 0. The molecular weight excluding hydrogens is 139 g/mol. The molecule has 1 aliphatic rings. The minimum atomic E-state index is 0.345. The quantitative estimate of drug-likeness (QED) is 0.574. The average molecular weight is 156 g/mol. The van der Waals surface area contributed by atoms with E-state index in [0.717, 1.165) is 12.5 Å². The Balaban J connectivity index is 2.22. The summed E-state index contributed by atoms with van der Waals surface area (Å²) >= 11 is 0. The van der Waals surface area contributed by atoms with Crippen LogP contribution in [0.3, 0.4) is 0 Å². The summed E-state index contributed by atoms with van der Waals surface area (Å²) in [6.45, 7) is 7.51. The van der Waals surface area contributed by atoms with Gasteiger partial charge in [0.15, 0.2) is 0 Å². The lowest BCUT2D eigenvalue weighted by Gasteiger charge is -2.19. The molecule has 11 heavy (non-hydrogen) atoms. The van der Waals surface area contributed by atoms with Crippen molar-refractivity contribution in [3.63, 3.8) is 0 Å². The fourth-order valence-corrected chi connectivity index (χ4v) is 1.57. The van der Waals surface area contributed by atoms with E-state index in [4.69, 9.17) is 9.31 Å². The fraction of sp³-hybridized carbons (Fsp3) is 1.00. The molecule has 2 unspecified atom stereocenters. The van der Waals surface area contributed by atoms with Gasteiger partial charge in [-0.2, -0.15) is 0 Å². The highest BCUT2D eigenvalue weighted by atomic mass is 16.6. The first-order valence-corrected chi connectivity index (χ1v) is 4.39. The minimum Gasteiger partial charge on any atom is -0.411 e. The van der Waals surface area contributed by atoms with Gasteiger partial charge < -0.3 is 9.31 Å².